The van der Waals surface area contributed by atoms with Crippen LogP contribution in [0.4, 0.5) is 0 Å². The molecule has 190 valence electrons. The summed E-state index contributed by atoms with van der Waals surface area (Å²) in [4.78, 5) is 21.6. The van der Waals surface area contributed by atoms with E-state index in [1.54, 1.807) is 34.2 Å². The summed E-state index contributed by atoms with van der Waals surface area (Å²) in [5.74, 6) is 0.851. The van der Waals surface area contributed by atoms with Crippen molar-refractivity contribution < 1.29 is 14.2 Å². The highest BCUT2D eigenvalue weighted by molar-refractivity contribution is 5.56. The first-order valence-electron chi connectivity index (χ1n) is 12.5. The lowest BCUT2D eigenvalue weighted by Crippen LogP contribution is -2.38. The molecule has 1 saturated carbocycles. The molecule has 10 heteroatoms. The predicted molar refractivity (Wildman–Crippen MR) is 134 cm³/mol. The summed E-state index contributed by atoms with van der Waals surface area (Å²) in [7, 11) is 1.84. The van der Waals surface area contributed by atoms with Crippen LogP contribution in [-0.2, 0) is 22.9 Å². The van der Waals surface area contributed by atoms with Crippen molar-refractivity contribution in [2.24, 2.45) is 7.05 Å². The summed E-state index contributed by atoms with van der Waals surface area (Å²) in [5, 5.41) is 8.70. The number of aryl methyl sites for hydroxylation is 1. The molecule has 10 nitrogen and oxygen atoms in total. The number of benzene rings is 1. The number of rotatable bonds is 6. The molecule has 0 radical (unpaired) electrons. The molecule has 3 aromatic heterocycles. The van der Waals surface area contributed by atoms with Gasteiger partial charge in [0.15, 0.2) is 17.4 Å². The van der Waals surface area contributed by atoms with Crippen LogP contribution in [0.3, 0.4) is 0 Å². The fraction of sp³-hybridized carbons (Fsp3) is 0.370. The third-order valence-corrected chi connectivity index (χ3v) is 6.83. The maximum atomic E-state index is 12.5. The Morgan fingerprint density at radius 2 is 1.86 bits per heavy atom. The van der Waals surface area contributed by atoms with Gasteiger partial charge < -0.3 is 14.2 Å². The molecule has 6 rings (SSSR count). The van der Waals surface area contributed by atoms with E-state index >= 15 is 0 Å². The molecular weight excluding hydrogens is 472 g/mol. The molecular formula is C27H28N6O4. The lowest BCUT2D eigenvalue weighted by Gasteiger charge is -2.35. The minimum absolute atomic E-state index is 0.102. The standard InChI is InChI=1S/C27H28N6O4/c1-32-18-21(15-30-32)33-10-7-25(34)24(31-33)14-19-3-2-4-20(13-19)26-28-16-23(17-29-26)37-22-5-8-27(9-6-22)35-11-12-36-27/h2-4,7,10,13,15-18,22H,5-6,8-9,11-12,14H2,1H3. The van der Waals surface area contributed by atoms with Crippen molar-refractivity contribution in [1.29, 1.82) is 0 Å². The van der Waals surface area contributed by atoms with E-state index in [-0.39, 0.29) is 11.5 Å². The molecule has 0 bridgehead atoms. The molecule has 1 spiro atoms. The molecule has 1 aliphatic heterocycles. The quantitative estimate of drug-likeness (QED) is 0.398. The Kier molecular flexibility index (Phi) is 6.27. The van der Waals surface area contributed by atoms with Gasteiger partial charge in [0.2, 0.25) is 5.43 Å². The maximum Gasteiger partial charge on any atom is 0.203 e. The largest absolute Gasteiger partial charge is 0.487 e. The van der Waals surface area contributed by atoms with Crippen LogP contribution in [0.25, 0.3) is 17.1 Å². The average Bonchev–Trinajstić information content (AvgIpc) is 3.57. The van der Waals surface area contributed by atoms with Crippen molar-refractivity contribution in [3.05, 3.63) is 82.8 Å². The van der Waals surface area contributed by atoms with Crippen molar-refractivity contribution in [3.8, 4) is 22.8 Å². The lowest BCUT2D eigenvalue weighted by atomic mass is 9.92. The Morgan fingerprint density at radius 1 is 1.08 bits per heavy atom. The van der Waals surface area contributed by atoms with Gasteiger partial charge in [0.25, 0.3) is 0 Å². The van der Waals surface area contributed by atoms with Crippen molar-refractivity contribution in [2.75, 3.05) is 13.2 Å². The number of ether oxygens (including phenoxy) is 3. The van der Waals surface area contributed by atoms with Gasteiger partial charge in [-0.05, 0) is 24.5 Å². The van der Waals surface area contributed by atoms with Crippen LogP contribution in [-0.4, -0.2) is 54.6 Å². The van der Waals surface area contributed by atoms with E-state index in [1.165, 1.54) is 6.07 Å². The molecule has 2 fully saturated rings. The molecule has 0 amide bonds. The van der Waals surface area contributed by atoms with E-state index in [2.05, 4.69) is 20.2 Å². The molecule has 0 N–H and O–H groups in total. The highest BCUT2D eigenvalue weighted by Gasteiger charge is 2.40. The summed E-state index contributed by atoms with van der Waals surface area (Å²) in [6.45, 7) is 1.35. The van der Waals surface area contributed by atoms with Crippen molar-refractivity contribution in [1.82, 2.24) is 29.5 Å². The summed E-state index contributed by atoms with van der Waals surface area (Å²) in [6, 6.07) is 9.37. The Balaban J connectivity index is 1.13. The first-order chi connectivity index (χ1) is 18.1. The summed E-state index contributed by atoms with van der Waals surface area (Å²) in [5.41, 5.74) is 2.95. The Morgan fingerprint density at radius 3 is 2.59 bits per heavy atom. The highest BCUT2D eigenvalue weighted by atomic mass is 16.7. The van der Waals surface area contributed by atoms with Crippen LogP contribution in [0.15, 0.2) is 66.1 Å². The minimum Gasteiger partial charge on any atom is -0.487 e. The SMILES string of the molecule is Cn1cc(-n2ccc(=O)c(Cc3cccc(-c4ncc(OC5CCC6(CC5)OCCO6)cn4)c3)n2)cn1. The van der Waals surface area contributed by atoms with Crippen LogP contribution in [0.2, 0.25) is 0 Å². The second-order valence-corrected chi connectivity index (χ2v) is 9.49. The fourth-order valence-corrected chi connectivity index (χ4v) is 4.91. The summed E-state index contributed by atoms with van der Waals surface area (Å²) in [6.07, 6.45) is 12.6. The summed E-state index contributed by atoms with van der Waals surface area (Å²) < 4.78 is 21.1. The van der Waals surface area contributed by atoms with E-state index in [1.807, 2.05) is 37.5 Å². The normalized spacial score (nSPS) is 17.3. The van der Waals surface area contributed by atoms with E-state index in [0.717, 1.165) is 42.5 Å². The maximum absolute atomic E-state index is 12.5. The number of hydrogen-bond acceptors (Lipinski definition) is 8. The van der Waals surface area contributed by atoms with Gasteiger partial charge in [-0.1, -0.05) is 18.2 Å². The molecule has 0 atom stereocenters. The lowest BCUT2D eigenvalue weighted by molar-refractivity contribution is -0.186. The second-order valence-electron chi connectivity index (χ2n) is 9.49. The molecule has 1 aromatic carbocycles. The van der Waals surface area contributed by atoms with Crippen molar-refractivity contribution in [3.63, 3.8) is 0 Å². The van der Waals surface area contributed by atoms with E-state index in [0.29, 0.717) is 36.9 Å². The van der Waals surface area contributed by atoms with Gasteiger partial charge >= 0.3 is 0 Å². The molecule has 4 heterocycles. The first-order valence-corrected chi connectivity index (χ1v) is 12.5. The fourth-order valence-electron chi connectivity index (χ4n) is 4.91. The third kappa shape index (κ3) is 5.16. The van der Waals surface area contributed by atoms with Gasteiger partial charge in [-0.2, -0.15) is 10.2 Å². The van der Waals surface area contributed by atoms with Crippen LogP contribution in [0.5, 0.6) is 5.75 Å². The monoisotopic (exact) mass is 500 g/mol. The topological polar surface area (TPSA) is 106 Å². The molecule has 1 aliphatic carbocycles. The van der Waals surface area contributed by atoms with E-state index in [9.17, 15) is 4.79 Å². The van der Waals surface area contributed by atoms with Gasteiger partial charge in [-0.15, -0.1) is 0 Å². The first kappa shape index (κ1) is 23.5. The van der Waals surface area contributed by atoms with Gasteiger partial charge in [-0.3, -0.25) is 9.48 Å². The number of nitrogens with zero attached hydrogens (tertiary/aromatic N) is 6. The predicted octanol–water partition coefficient (Wildman–Crippen LogP) is 3.08. The molecule has 37 heavy (non-hydrogen) atoms. The van der Waals surface area contributed by atoms with Crippen LogP contribution < -0.4 is 10.2 Å². The zero-order chi connectivity index (χ0) is 25.2. The smallest absolute Gasteiger partial charge is 0.203 e. The van der Waals surface area contributed by atoms with Crippen LogP contribution >= 0.6 is 0 Å². The Labute approximate surface area is 213 Å². The second kappa shape index (κ2) is 9.87. The van der Waals surface area contributed by atoms with Crippen LogP contribution in [0, 0.1) is 0 Å². The van der Waals surface area contributed by atoms with Crippen LogP contribution in [0.1, 0.15) is 36.9 Å². The van der Waals surface area contributed by atoms with Crippen molar-refractivity contribution >= 4 is 0 Å². The zero-order valence-electron chi connectivity index (χ0n) is 20.6. The Bertz CT molecular complexity index is 1430. The zero-order valence-corrected chi connectivity index (χ0v) is 20.6. The summed E-state index contributed by atoms with van der Waals surface area (Å²) >= 11 is 0. The molecule has 2 aliphatic rings. The van der Waals surface area contributed by atoms with E-state index in [4.69, 9.17) is 14.2 Å². The van der Waals surface area contributed by atoms with Gasteiger partial charge in [-0.25, -0.2) is 14.6 Å². The third-order valence-electron chi connectivity index (χ3n) is 6.83. The van der Waals surface area contributed by atoms with Gasteiger partial charge in [0.1, 0.15) is 11.4 Å². The van der Waals surface area contributed by atoms with E-state index < -0.39 is 5.79 Å². The molecule has 4 aromatic rings. The minimum atomic E-state index is -0.396. The Hall–Kier alpha value is -3.89. The van der Waals surface area contributed by atoms with Gasteiger partial charge in [0, 0.05) is 44.1 Å². The van der Waals surface area contributed by atoms with Crippen molar-refractivity contribution in [2.45, 2.75) is 44.0 Å². The molecule has 1 saturated heterocycles. The number of hydrogen-bond donors (Lipinski definition) is 0. The average molecular weight is 501 g/mol. The highest BCUT2D eigenvalue weighted by Crippen LogP contribution is 2.37. The van der Waals surface area contributed by atoms with Gasteiger partial charge in [0.05, 0.1) is 44.1 Å². The number of aromatic nitrogens is 6. The molecule has 0 unspecified atom stereocenters.